The summed E-state index contributed by atoms with van der Waals surface area (Å²) in [6.45, 7) is 0.362. The molecule has 0 fully saturated rings. The summed E-state index contributed by atoms with van der Waals surface area (Å²) in [4.78, 5) is 6.74. The van der Waals surface area contributed by atoms with E-state index in [1.165, 1.54) is 13.2 Å². The number of rotatable bonds is 6. The van der Waals surface area contributed by atoms with Crippen molar-refractivity contribution in [2.24, 2.45) is 4.99 Å². The van der Waals surface area contributed by atoms with Gasteiger partial charge in [0.15, 0.2) is 0 Å². The van der Waals surface area contributed by atoms with Crippen LogP contribution < -0.4 is 4.74 Å². The number of hydrogen-bond acceptors (Lipinski definition) is 4. The Morgan fingerprint density at radius 1 is 1.06 bits per heavy atom. The normalized spacial score (nSPS) is 15.8. The van der Waals surface area contributed by atoms with E-state index in [1.54, 1.807) is 6.07 Å². The second kappa shape index (κ2) is 9.57. The molecule has 0 aliphatic carbocycles. The fourth-order valence-electron chi connectivity index (χ4n) is 4.08. The number of aliphatic imine (C=N–C) groups is 1. The van der Waals surface area contributed by atoms with E-state index >= 15 is 0 Å². The number of benzene rings is 3. The molecule has 0 amide bonds. The molecule has 3 aromatic rings. The minimum Gasteiger partial charge on any atom is -0.496 e. The van der Waals surface area contributed by atoms with Crippen molar-refractivity contribution in [2.45, 2.75) is 18.6 Å². The van der Waals surface area contributed by atoms with Gasteiger partial charge in [-0.3, -0.25) is 0 Å². The lowest BCUT2D eigenvalue weighted by molar-refractivity contribution is -0.138. The molecule has 3 aromatic carbocycles. The predicted molar refractivity (Wildman–Crippen MR) is 125 cm³/mol. The molecule has 0 saturated heterocycles. The Morgan fingerprint density at radius 3 is 2.48 bits per heavy atom. The van der Waals surface area contributed by atoms with Gasteiger partial charge in [-0.15, -0.1) is 0 Å². The fraction of sp³-hybridized carbons (Fsp3) is 0.240. The van der Waals surface area contributed by atoms with Crippen molar-refractivity contribution in [2.75, 3.05) is 20.3 Å². The molecule has 1 aliphatic heterocycles. The number of aliphatic hydroxyl groups is 1. The molecule has 0 saturated carbocycles. The molecule has 8 heteroatoms. The summed E-state index contributed by atoms with van der Waals surface area (Å²) >= 11 is 3.52. The van der Waals surface area contributed by atoms with Crippen LogP contribution in [0.2, 0.25) is 0 Å². The van der Waals surface area contributed by atoms with Crippen LogP contribution in [0.3, 0.4) is 0 Å². The largest absolute Gasteiger partial charge is 0.496 e. The zero-order valence-corrected chi connectivity index (χ0v) is 19.4. The van der Waals surface area contributed by atoms with Gasteiger partial charge in [0.1, 0.15) is 11.6 Å². The van der Waals surface area contributed by atoms with Crippen LogP contribution in [-0.2, 0) is 6.18 Å². The summed E-state index contributed by atoms with van der Waals surface area (Å²) in [6.07, 6.45) is -4.14. The summed E-state index contributed by atoms with van der Waals surface area (Å²) in [5, 5.41) is 9.53. The Morgan fingerprint density at radius 2 is 1.82 bits per heavy atom. The minimum atomic E-state index is -4.58. The molecule has 1 unspecified atom stereocenters. The Balaban J connectivity index is 1.94. The first-order chi connectivity index (χ1) is 15.8. The van der Waals surface area contributed by atoms with E-state index in [1.807, 2.05) is 53.4 Å². The lowest BCUT2D eigenvalue weighted by atomic mass is 9.92. The number of halogens is 4. The Bertz CT molecular complexity index is 1170. The van der Waals surface area contributed by atoms with Crippen molar-refractivity contribution >= 4 is 27.5 Å². The molecule has 1 aliphatic rings. The van der Waals surface area contributed by atoms with E-state index in [4.69, 9.17) is 9.73 Å². The molecular formula is C25H22BrF3N2O2. The highest BCUT2D eigenvalue weighted by Gasteiger charge is 2.37. The third-order valence-corrected chi connectivity index (χ3v) is 6.02. The molecule has 0 spiro atoms. The van der Waals surface area contributed by atoms with Crippen LogP contribution in [0.25, 0.3) is 0 Å². The van der Waals surface area contributed by atoms with Crippen molar-refractivity contribution in [1.29, 1.82) is 0 Å². The first kappa shape index (κ1) is 23.3. The van der Waals surface area contributed by atoms with Crippen LogP contribution in [0.1, 0.15) is 34.7 Å². The molecule has 1 N–H and O–H groups in total. The van der Waals surface area contributed by atoms with E-state index in [0.29, 0.717) is 30.1 Å². The topological polar surface area (TPSA) is 45.1 Å². The molecule has 0 radical (unpaired) electrons. The number of hydrogen-bond donors (Lipinski definition) is 1. The average Bonchev–Trinajstić information content (AvgIpc) is 2.81. The van der Waals surface area contributed by atoms with Gasteiger partial charge < -0.3 is 14.7 Å². The van der Waals surface area contributed by atoms with Crippen LogP contribution in [0.15, 0.2) is 76.2 Å². The molecule has 4 rings (SSSR count). The Labute approximate surface area is 198 Å². The summed E-state index contributed by atoms with van der Waals surface area (Å²) in [6, 6.07) is 19.1. The van der Waals surface area contributed by atoms with Gasteiger partial charge in [0.05, 0.1) is 24.4 Å². The van der Waals surface area contributed by atoms with Crippen molar-refractivity contribution < 1.29 is 23.0 Å². The highest BCUT2D eigenvalue weighted by atomic mass is 79.9. The zero-order chi connectivity index (χ0) is 23.6. The maximum absolute atomic E-state index is 13.7. The van der Waals surface area contributed by atoms with Crippen LogP contribution in [-0.4, -0.2) is 36.1 Å². The van der Waals surface area contributed by atoms with Gasteiger partial charge in [-0.1, -0.05) is 46.3 Å². The molecule has 0 bridgehead atoms. The summed E-state index contributed by atoms with van der Waals surface area (Å²) in [5.74, 6) is 0.175. The van der Waals surface area contributed by atoms with Crippen molar-refractivity contribution in [3.63, 3.8) is 0 Å². The second-order valence-electron chi connectivity index (χ2n) is 7.64. The SMILES string of the molecule is COc1ccc(C2=Nc3ccc(Br)cc3C(c3ccccc3)N2CCCO)cc1C(F)(F)F. The van der Waals surface area contributed by atoms with Gasteiger partial charge >= 0.3 is 6.18 Å². The number of methoxy groups -OCH3 is 1. The van der Waals surface area contributed by atoms with Crippen molar-refractivity contribution in [3.05, 3.63) is 93.5 Å². The van der Waals surface area contributed by atoms with Crippen LogP contribution in [0, 0.1) is 0 Å². The predicted octanol–water partition coefficient (Wildman–Crippen LogP) is 6.34. The molecule has 0 aromatic heterocycles. The zero-order valence-electron chi connectivity index (χ0n) is 17.8. The lowest BCUT2D eigenvalue weighted by Crippen LogP contribution is -2.39. The van der Waals surface area contributed by atoms with Crippen molar-refractivity contribution in [3.8, 4) is 5.75 Å². The molecule has 4 nitrogen and oxygen atoms in total. The van der Waals surface area contributed by atoms with Gasteiger partial charge in [-0.05, 0) is 48.4 Å². The van der Waals surface area contributed by atoms with Gasteiger partial charge in [0.25, 0.3) is 0 Å². The third-order valence-electron chi connectivity index (χ3n) is 5.53. The summed E-state index contributed by atoms with van der Waals surface area (Å²) in [5.41, 5.74) is 2.07. The van der Waals surface area contributed by atoms with E-state index in [-0.39, 0.29) is 18.4 Å². The molecule has 33 heavy (non-hydrogen) atoms. The number of fused-ring (bicyclic) bond motifs is 1. The fourth-order valence-corrected chi connectivity index (χ4v) is 4.46. The molecule has 1 heterocycles. The maximum atomic E-state index is 13.7. The van der Waals surface area contributed by atoms with Gasteiger partial charge in [-0.2, -0.15) is 13.2 Å². The monoisotopic (exact) mass is 518 g/mol. The van der Waals surface area contributed by atoms with E-state index in [2.05, 4.69) is 15.9 Å². The molecular weight excluding hydrogens is 497 g/mol. The lowest BCUT2D eigenvalue weighted by Gasteiger charge is -2.39. The molecule has 172 valence electrons. The van der Waals surface area contributed by atoms with Gasteiger partial charge in [0, 0.05) is 28.8 Å². The second-order valence-corrected chi connectivity index (χ2v) is 8.55. The van der Waals surface area contributed by atoms with Gasteiger partial charge in [-0.25, -0.2) is 4.99 Å². The standard InChI is InChI=1S/C25H22BrF3N2O2/c1-33-22-11-8-17(14-20(22)25(27,28)29)24-30-21-10-9-18(26)15-19(21)23(31(24)12-5-13-32)16-6-3-2-4-7-16/h2-4,6-11,14-15,23,32H,5,12-13H2,1H3. The number of aliphatic hydroxyl groups excluding tert-OH is 1. The quantitative estimate of drug-likeness (QED) is 0.414. The van der Waals surface area contributed by atoms with E-state index in [0.717, 1.165) is 21.7 Å². The highest BCUT2D eigenvalue weighted by Crippen LogP contribution is 2.43. The summed E-state index contributed by atoms with van der Waals surface area (Å²) < 4.78 is 47.0. The first-order valence-corrected chi connectivity index (χ1v) is 11.2. The van der Waals surface area contributed by atoms with E-state index < -0.39 is 11.7 Å². The number of ether oxygens (including phenoxy) is 1. The molecule has 1 atom stereocenters. The van der Waals surface area contributed by atoms with Gasteiger partial charge in [0.2, 0.25) is 0 Å². The Kier molecular flexibility index (Phi) is 6.76. The van der Waals surface area contributed by atoms with Crippen LogP contribution >= 0.6 is 15.9 Å². The first-order valence-electron chi connectivity index (χ1n) is 10.4. The average molecular weight is 519 g/mol. The Hall–Kier alpha value is -2.84. The maximum Gasteiger partial charge on any atom is 0.419 e. The van der Waals surface area contributed by atoms with Crippen LogP contribution in [0.4, 0.5) is 18.9 Å². The number of amidine groups is 1. The smallest absolute Gasteiger partial charge is 0.419 e. The van der Waals surface area contributed by atoms with Crippen molar-refractivity contribution in [1.82, 2.24) is 4.90 Å². The highest BCUT2D eigenvalue weighted by molar-refractivity contribution is 9.10. The third kappa shape index (κ3) is 4.77. The van der Waals surface area contributed by atoms with E-state index in [9.17, 15) is 18.3 Å². The minimum absolute atomic E-state index is 0.0486. The number of alkyl halides is 3. The summed E-state index contributed by atoms with van der Waals surface area (Å²) in [7, 11) is 1.22. The number of nitrogens with zero attached hydrogens (tertiary/aromatic N) is 2. The van der Waals surface area contributed by atoms with Crippen LogP contribution in [0.5, 0.6) is 5.75 Å².